The standard InChI is InChI=1S/C25H13F18N3O8S2/c1-10-6-12(53-55(49,50)24(40,41)20(30,31)18(26,27)22(34,35)36)8-16(45(10)47)14-4-3-5-15(44-14)17-9-13(7-11(2)46(17)48)54-56(51,52)25(42,43)21(32,33)19(28,29)23(37,38)39/h3-9H,1-2H3. The van der Waals surface area contributed by atoms with Gasteiger partial charge < -0.3 is 18.8 Å². The van der Waals surface area contributed by atoms with Crippen LogP contribution in [0.4, 0.5) is 79.0 Å². The summed E-state index contributed by atoms with van der Waals surface area (Å²) in [6.07, 6.45) is -14.9. The van der Waals surface area contributed by atoms with E-state index >= 15 is 0 Å². The molecule has 31 heteroatoms. The second kappa shape index (κ2) is 13.5. The Bertz CT molecular complexity index is 2100. The van der Waals surface area contributed by atoms with Crippen LogP contribution in [0.2, 0.25) is 0 Å². The normalized spacial score (nSPS) is 14.5. The maximum absolute atomic E-state index is 14.2. The fraction of sp³-hybridized carbons (Fsp3) is 0.400. The van der Waals surface area contributed by atoms with Gasteiger partial charge >= 0.3 is 66.8 Å². The van der Waals surface area contributed by atoms with Crippen LogP contribution in [0.3, 0.4) is 0 Å². The summed E-state index contributed by atoms with van der Waals surface area (Å²) >= 11 is 0. The van der Waals surface area contributed by atoms with E-state index in [0.717, 1.165) is 6.07 Å². The van der Waals surface area contributed by atoms with Crippen LogP contribution < -0.4 is 17.8 Å². The summed E-state index contributed by atoms with van der Waals surface area (Å²) in [5.74, 6) is -34.1. The van der Waals surface area contributed by atoms with Gasteiger partial charge in [-0.2, -0.15) is 105 Å². The molecular weight excluding hydrogens is 876 g/mol. The summed E-state index contributed by atoms with van der Waals surface area (Å²) in [7, 11) is -15.1. The van der Waals surface area contributed by atoms with E-state index in [1.165, 1.54) is 0 Å². The molecule has 0 unspecified atom stereocenters. The molecular formula is C25H13F18N3O8S2. The summed E-state index contributed by atoms with van der Waals surface area (Å²) in [6.45, 7) is 1.40. The SMILES string of the molecule is Cc1cc(OS(=O)(=O)C(F)(F)C(F)(F)C(F)(F)C(F)(F)F)cc(-c2cccc(-c3cc(OS(=O)(=O)C(F)(F)C(F)(F)C(F)(F)C(F)(F)F)cc(C)[n+]3[O-])n2)[n+]1[O-]. The molecule has 56 heavy (non-hydrogen) atoms. The van der Waals surface area contributed by atoms with Crippen molar-refractivity contribution in [3.05, 3.63) is 64.3 Å². The van der Waals surface area contributed by atoms with Gasteiger partial charge in [0.15, 0.2) is 22.9 Å². The van der Waals surface area contributed by atoms with Gasteiger partial charge in [0.05, 0.1) is 24.3 Å². The molecule has 11 nitrogen and oxygen atoms in total. The Labute approximate surface area is 298 Å². The first-order valence-corrected chi connectivity index (χ1v) is 16.3. The van der Waals surface area contributed by atoms with Crippen LogP contribution in [0, 0.1) is 24.3 Å². The van der Waals surface area contributed by atoms with E-state index in [0.29, 0.717) is 26.0 Å². The van der Waals surface area contributed by atoms with Crippen LogP contribution in [-0.4, -0.2) is 68.4 Å². The van der Waals surface area contributed by atoms with Crippen LogP contribution in [-0.2, 0) is 20.2 Å². The van der Waals surface area contributed by atoms with E-state index in [4.69, 9.17) is 0 Å². The van der Waals surface area contributed by atoms with Crippen LogP contribution in [0.5, 0.6) is 11.5 Å². The molecule has 0 aromatic carbocycles. The quantitative estimate of drug-likeness (QED) is 0.0851. The predicted octanol–water partition coefficient (Wildman–Crippen LogP) is 6.57. The average molecular weight is 889 g/mol. The summed E-state index contributed by atoms with van der Waals surface area (Å²) < 4.78 is 295. The Morgan fingerprint density at radius 3 is 1.07 bits per heavy atom. The van der Waals surface area contributed by atoms with Crippen molar-refractivity contribution in [3.63, 3.8) is 0 Å². The first-order chi connectivity index (χ1) is 24.7. The van der Waals surface area contributed by atoms with Crippen molar-refractivity contribution in [2.75, 3.05) is 0 Å². The molecule has 0 aliphatic heterocycles. The Hall–Kier alpha value is -4.71. The predicted molar refractivity (Wildman–Crippen MR) is 143 cm³/mol. The van der Waals surface area contributed by atoms with E-state index in [-0.39, 0.29) is 33.7 Å². The third-order valence-corrected chi connectivity index (χ3v) is 9.48. The van der Waals surface area contributed by atoms with E-state index in [9.17, 15) is 106 Å². The lowest BCUT2D eigenvalue weighted by Gasteiger charge is -2.32. The lowest BCUT2D eigenvalue weighted by Crippen LogP contribution is -2.63. The van der Waals surface area contributed by atoms with Crippen LogP contribution in [0.15, 0.2) is 42.5 Å². The van der Waals surface area contributed by atoms with Gasteiger partial charge in [0.25, 0.3) is 0 Å². The minimum atomic E-state index is -7.73. The van der Waals surface area contributed by atoms with Gasteiger partial charge in [0.1, 0.15) is 11.4 Å². The molecule has 3 heterocycles. The number of halogens is 18. The Kier molecular flexibility index (Phi) is 11.0. The van der Waals surface area contributed by atoms with Gasteiger partial charge in [-0.1, -0.05) is 6.07 Å². The maximum atomic E-state index is 14.2. The van der Waals surface area contributed by atoms with Gasteiger partial charge in [0, 0.05) is 13.8 Å². The Morgan fingerprint density at radius 1 is 0.518 bits per heavy atom. The van der Waals surface area contributed by atoms with Gasteiger partial charge in [-0.3, -0.25) is 0 Å². The smallest absolute Gasteiger partial charge is 0.460 e. The summed E-state index contributed by atoms with van der Waals surface area (Å²) in [5.41, 5.74) is -5.74. The van der Waals surface area contributed by atoms with E-state index in [1.807, 2.05) is 0 Å². The number of alkyl halides is 18. The van der Waals surface area contributed by atoms with Crippen molar-refractivity contribution in [3.8, 4) is 34.3 Å². The first-order valence-electron chi connectivity index (χ1n) is 13.5. The molecule has 0 bridgehead atoms. The number of aromatic nitrogens is 3. The third-order valence-electron chi connectivity index (χ3n) is 6.88. The number of rotatable bonds is 12. The molecule has 3 rings (SSSR count). The lowest BCUT2D eigenvalue weighted by atomic mass is 10.1. The highest BCUT2D eigenvalue weighted by Gasteiger charge is 2.87. The van der Waals surface area contributed by atoms with Crippen molar-refractivity contribution in [2.45, 2.75) is 60.4 Å². The zero-order chi connectivity index (χ0) is 43.8. The molecule has 0 spiro atoms. The highest BCUT2D eigenvalue weighted by Crippen LogP contribution is 2.56. The van der Waals surface area contributed by atoms with Crippen LogP contribution in [0.1, 0.15) is 11.4 Å². The lowest BCUT2D eigenvalue weighted by molar-refractivity contribution is -0.601. The van der Waals surface area contributed by atoms with Crippen molar-refractivity contribution in [1.82, 2.24) is 4.98 Å². The molecule has 0 saturated carbocycles. The fourth-order valence-electron chi connectivity index (χ4n) is 3.94. The monoisotopic (exact) mass is 889 g/mol. The molecule has 0 aliphatic rings. The molecule has 314 valence electrons. The van der Waals surface area contributed by atoms with Gasteiger partial charge in [-0.15, -0.1) is 0 Å². The van der Waals surface area contributed by atoms with E-state index in [2.05, 4.69) is 13.4 Å². The first kappa shape index (κ1) is 45.7. The minimum Gasteiger partial charge on any atom is -0.618 e. The summed E-state index contributed by atoms with van der Waals surface area (Å²) in [4.78, 5) is 3.65. The number of pyridine rings is 3. The van der Waals surface area contributed by atoms with Crippen molar-refractivity contribution in [2.24, 2.45) is 0 Å². The Balaban J connectivity index is 2.12. The molecule has 0 atom stereocenters. The topological polar surface area (TPSA) is 154 Å². The fourth-order valence-corrected chi connectivity index (χ4v) is 5.74. The molecule has 0 radical (unpaired) electrons. The Morgan fingerprint density at radius 2 is 0.804 bits per heavy atom. The van der Waals surface area contributed by atoms with Crippen LogP contribution >= 0.6 is 0 Å². The second-order valence-corrected chi connectivity index (χ2v) is 14.0. The van der Waals surface area contributed by atoms with Gasteiger partial charge in [0.2, 0.25) is 11.4 Å². The molecule has 0 amide bonds. The van der Waals surface area contributed by atoms with Crippen LogP contribution in [0.25, 0.3) is 22.8 Å². The molecule has 3 aromatic rings. The number of nitrogens with zero attached hydrogens (tertiary/aromatic N) is 3. The molecule has 0 fully saturated rings. The van der Waals surface area contributed by atoms with Gasteiger partial charge in [-0.05, 0) is 12.1 Å². The van der Waals surface area contributed by atoms with E-state index in [1.54, 1.807) is 0 Å². The van der Waals surface area contributed by atoms with Gasteiger partial charge in [-0.25, -0.2) is 4.98 Å². The number of aryl methyl sites for hydroxylation is 2. The van der Waals surface area contributed by atoms with Crippen molar-refractivity contribution < 1.29 is 114 Å². The molecule has 0 saturated heterocycles. The van der Waals surface area contributed by atoms with E-state index < -0.39 is 112 Å². The maximum Gasteiger partial charge on any atom is 0.460 e. The highest BCUT2D eigenvalue weighted by atomic mass is 32.2. The average Bonchev–Trinajstić information content (AvgIpc) is 3.02. The summed E-state index contributed by atoms with van der Waals surface area (Å²) in [6, 6.07) is 2.56. The zero-order valence-corrected chi connectivity index (χ0v) is 27.9. The van der Waals surface area contributed by atoms with Crippen molar-refractivity contribution >= 4 is 20.2 Å². The van der Waals surface area contributed by atoms with Crippen molar-refractivity contribution in [1.29, 1.82) is 0 Å². The molecule has 3 aromatic heterocycles. The molecule has 0 aliphatic carbocycles. The summed E-state index contributed by atoms with van der Waals surface area (Å²) in [5, 5.41) is 10.8. The largest absolute Gasteiger partial charge is 0.618 e. The number of hydrogen-bond acceptors (Lipinski definition) is 9. The minimum absolute atomic E-state index is 0.0291. The highest BCUT2D eigenvalue weighted by molar-refractivity contribution is 7.88. The zero-order valence-electron chi connectivity index (χ0n) is 26.3. The molecule has 0 N–H and O–H groups in total. The second-order valence-electron chi connectivity index (χ2n) is 10.8. The number of hydrogen-bond donors (Lipinski definition) is 0. The third kappa shape index (κ3) is 7.09.